The summed E-state index contributed by atoms with van der Waals surface area (Å²) in [6, 6.07) is 1.93. The Bertz CT molecular complexity index is 897. The van der Waals surface area contributed by atoms with Crippen LogP contribution in [0.5, 0.6) is 0 Å². The highest BCUT2D eigenvalue weighted by atomic mass is 32.2. The summed E-state index contributed by atoms with van der Waals surface area (Å²) in [5.74, 6) is 1.09. The topological polar surface area (TPSA) is 81.2 Å². The predicted octanol–water partition coefficient (Wildman–Crippen LogP) is 3.83. The van der Waals surface area contributed by atoms with Gasteiger partial charge in [-0.2, -0.15) is 0 Å². The number of hydrogen-bond donors (Lipinski definition) is 0. The van der Waals surface area contributed by atoms with Gasteiger partial charge in [0, 0.05) is 19.2 Å². The first-order valence-corrected chi connectivity index (χ1v) is 12.5. The van der Waals surface area contributed by atoms with Crippen LogP contribution in [-0.2, 0) is 22.9 Å². The molecule has 0 unspecified atom stereocenters. The van der Waals surface area contributed by atoms with Crippen LogP contribution in [0.25, 0.3) is 0 Å². The quantitative estimate of drug-likeness (QED) is 0.613. The Morgan fingerprint density at radius 2 is 1.97 bits per heavy atom. The highest BCUT2D eigenvalue weighted by Crippen LogP contribution is 2.33. The molecule has 4 rings (SSSR count). The van der Waals surface area contributed by atoms with Crippen LogP contribution in [0.1, 0.15) is 69.3 Å². The number of aromatic nitrogens is 3. The van der Waals surface area contributed by atoms with Gasteiger partial charge in [0.1, 0.15) is 12.0 Å². The largest absolute Gasteiger partial charge is 0.364 e. The van der Waals surface area contributed by atoms with Crippen molar-refractivity contribution in [3.8, 4) is 0 Å². The third-order valence-corrected chi connectivity index (χ3v) is 8.25. The standard InChI is InChI=1S/C21H32N4O3S/c1-16(20-10-11-28-23-20)24(2)14-19-12-22-21(29(26,27)15-18-8-9-18)25(19)13-17-6-4-3-5-7-17/h10-12,16-18H,3-9,13-15H2,1-2H3/t16-/m0/s1. The molecule has 0 radical (unpaired) electrons. The lowest BCUT2D eigenvalue weighted by atomic mass is 9.89. The number of imidazole rings is 1. The van der Waals surface area contributed by atoms with Crippen molar-refractivity contribution in [3.05, 3.63) is 29.9 Å². The van der Waals surface area contributed by atoms with Gasteiger partial charge in [0.2, 0.25) is 15.0 Å². The second-order valence-electron chi connectivity index (χ2n) is 8.89. The maximum atomic E-state index is 13.0. The molecule has 1 atom stereocenters. The van der Waals surface area contributed by atoms with Gasteiger partial charge < -0.3 is 9.09 Å². The summed E-state index contributed by atoms with van der Waals surface area (Å²) < 4.78 is 33.1. The Kier molecular flexibility index (Phi) is 6.11. The van der Waals surface area contributed by atoms with Gasteiger partial charge in [0.25, 0.3) is 0 Å². The van der Waals surface area contributed by atoms with Crippen LogP contribution in [0.4, 0.5) is 0 Å². The fourth-order valence-electron chi connectivity index (χ4n) is 4.31. The van der Waals surface area contributed by atoms with Gasteiger partial charge in [-0.25, -0.2) is 13.4 Å². The molecule has 2 aromatic rings. The Morgan fingerprint density at radius 3 is 2.62 bits per heavy atom. The van der Waals surface area contributed by atoms with E-state index in [-0.39, 0.29) is 17.0 Å². The summed E-state index contributed by atoms with van der Waals surface area (Å²) >= 11 is 0. The summed E-state index contributed by atoms with van der Waals surface area (Å²) in [4.78, 5) is 6.58. The van der Waals surface area contributed by atoms with E-state index in [1.807, 2.05) is 17.7 Å². The molecule has 160 valence electrons. The molecule has 0 aromatic carbocycles. The monoisotopic (exact) mass is 420 g/mol. The Hall–Kier alpha value is -1.67. The second kappa shape index (κ2) is 8.60. The number of hydrogen-bond acceptors (Lipinski definition) is 6. The minimum atomic E-state index is -3.35. The molecular formula is C21H32N4O3S. The second-order valence-corrected chi connectivity index (χ2v) is 10.8. The Morgan fingerprint density at radius 1 is 1.21 bits per heavy atom. The minimum absolute atomic E-state index is 0.0679. The first-order chi connectivity index (χ1) is 13.9. The number of nitrogens with zero attached hydrogens (tertiary/aromatic N) is 4. The smallest absolute Gasteiger partial charge is 0.227 e. The fraction of sp³-hybridized carbons (Fsp3) is 0.714. The molecule has 0 spiro atoms. The number of rotatable bonds is 9. The van der Waals surface area contributed by atoms with Crippen LogP contribution in [-0.4, -0.2) is 40.8 Å². The summed E-state index contributed by atoms with van der Waals surface area (Å²) in [5, 5.41) is 4.31. The van der Waals surface area contributed by atoms with Crippen LogP contribution in [0.15, 0.2) is 28.2 Å². The fourth-order valence-corrected chi connectivity index (χ4v) is 6.16. The van der Waals surface area contributed by atoms with Crippen LogP contribution < -0.4 is 0 Å². The van der Waals surface area contributed by atoms with Crippen LogP contribution >= 0.6 is 0 Å². The van der Waals surface area contributed by atoms with Gasteiger partial charge in [-0.05, 0) is 51.5 Å². The lowest BCUT2D eigenvalue weighted by Gasteiger charge is -2.26. The van der Waals surface area contributed by atoms with Gasteiger partial charge in [0.15, 0.2) is 0 Å². The van der Waals surface area contributed by atoms with Crippen molar-refractivity contribution in [2.45, 2.75) is 76.2 Å². The predicted molar refractivity (Wildman–Crippen MR) is 110 cm³/mol. The van der Waals surface area contributed by atoms with E-state index in [1.54, 1.807) is 12.5 Å². The first-order valence-electron chi connectivity index (χ1n) is 10.8. The zero-order chi connectivity index (χ0) is 20.4. The van der Waals surface area contributed by atoms with Crippen molar-refractivity contribution in [3.63, 3.8) is 0 Å². The normalized spacial score (nSPS) is 19.7. The Balaban J connectivity index is 1.58. The van der Waals surface area contributed by atoms with E-state index in [0.717, 1.165) is 30.8 Å². The van der Waals surface area contributed by atoms with Gasteiger partial charge in [-0.15, -0.1) is 0 Å². The van der Waals surface area contributed by atoms with Gasteiger partial charge in [-0.1, -0.05) is 24.4 Å². The van der Waals surface area contributed by atoms with Crippen molar-refractivity contribution in [2.75, 3.05) is 12.8 Å². The molecular weight excluding hydrogens is 388 g/mol. The SMILES string of the molecule is C[C@@H](c1ccon1)N(C)Cc1cnc(S(=O)(=O)CC2CC2)n1CC1CCCCC1. The molecule has 2 heterocycles. The summed E-state index contributed by atoms with van der Waals surface area (Å²) in [7, 11) is -1.33. The third-order valence-electron chi connectivity index (χ3n) is 6.46. The zero-order valence-corrected chi connectivity index (χ0v) is 18.3. The molecule has 2 aromatic heterocycles. The Labute approximate surface area is 173 Å². The highest BCUT2D eigenvalue weighted by molar-refractivity contribution is 7.91. The van der Waals surface area contributed by atoms with Crippen LogP contribution in [0, 0.1) is 11.8 Å². The molecule has 0 bridgehead atoms. The zero-order valence-electron chi connectivity index (χ0n) is 17.5. The maximum Gasteiger partial charge on any atom is 0.227 e. The third kappa shape index (κ3) is 4.91. The maximum absolute atomic E-state index is 13.0. The lowest BCUT2D eigenvalue weighted by Crippen LogP contribution is -2.26. The van der Waals surface area contributed by atoms with E-state index in [1.165, 1.54) is 32.1 Å². The van der Waals surface area contributed by atoms with Gasteiger partial charge in [0.05, 0.1) is 23.7 Å². The van der Waals surface area contributed by atoms with Gasteiger partial charge in [-0.3, -0.25) is 4.90 Å². The van der Waals surface area contributed by atoms with E-state index in [9.17, 15) is 8.42 Å². The molecule has 0 saturated heterocycles. The highest BCUT2D eigenvalue weighted by Gasteiger charge is 2.33. The van der Waals surface area contributed by atoms with E-state index in [4.69, 9.17) is 4.52 Å². The minimum Gasteiger partial charge on any atom is -0.364 e. The van der Waals surface area contributed by atoms with Gasteiger partial charge >= 0.3 is 0 Å². The average Bonchev–Trinajstić information content (AvgIpc) is 3.18. The molecule has 29 heavy (non-hydrogen) atoms. The van der Waals surface area contributed by atoms with E-state index in [0.29, 0.717) is 18.4 Å². The summed E-state index contributed by atoms with van der Waals surface area (Å²) in [5.41, 5.74) is 1.83. The summed E-state index contributed by atoms with van der Waals surface area (Å²) in [6.07, 6.45) is 11.5. The summed E-state index contributed by atoms with van der Waals surface area (Å²) in [6.45, 7) is 3.44. The molecule has 2 fully saturated rings. The van der Waals surface area contributed by atoms with Crippen molar-refractivity contribution < 1.29 is 12.9 Å². The molecule has 0 aliphatic heterocycles. The van der Waals surface area contributed by atoms with E-state index < -0.39 is 9.84 Å². The molecule has 2 aliphatic carbocycles. The first kappa shape index (κ1) is 20.6. The van der Waals surface area contributed by atoms with E-state index in [2.05, 4.69) is 22.0 Å². The van der Waals surface area contributed by atoms with Crippen molar-refractivity contribution in [1.82, 2.24) is 19.6 Å². The van der Waals surface area contributed by atoms with Crippen molar-refractivity contribution >= 4 is 9.84 Å². The van der Waals surface area contributed by atoms with E-state index >= 15 is 0 Å². The van der Waals surface area contributed by atoms with Crippen LogP contribution in [0.2, 0.25) is 0 Å². The van der Waals surface area contributed by atoms with Crippen molar-refractivity contribution in [2.24, 2.45) is 11.8 Å². The molecule has 7 nitrogen and oxygen atoms in total. The lowest BCUT2D eigenvalue weighted by molar-refractivity contribution is 0.229. The number of sulfone groups is 1. The van der Waals surface area contributed by atoms with Crippen molar-refractivity contribution in [1.29, 1.82) is 0 Å². The molecule has 2 saturated carbocycles. The average molecular weight is 421 g/mol. The van der Waals surface area contributed by atoms with Crippen LogP contribution in [0.3, 0.4) is 0 Å². The molecule has 0 amide bonds. The molecule has 0 N–H and O–H groups in total. The molecule has 8 heteroatoms. The molecule has 2 aliphatic rings.